The quantitative estimate of drug-likeness (QED) is 0.247. The third-order valence-corrected chi connectivity index (χ3v) is 5.59. The van der Waals surface area contributed by atoms with Gasteiger partial charge in [-0.25, -0.2) is 0 Å². The second kappa shape index (κ2) is 9.55. The largest absolute Gasteiger partial charge is 0.373 e. The number of nitrogens with one attached hydrogen (secondary N) is 1. The average molecular weight is 432 g/mol. The molecule has 156 valence electrons. The van der Waals surface area contributed by atoms with Crippen LogP contribution < -0.4 is 5.32 Å². The molecular weight excluding hydrogens is 410 g/mol. The van der Waals surface area contributed by atoms with Crippen molar-refractivity contribution in [2.75, 3.05) is 11.1 Å². The van der Waals surface area contributed by atoms with Gasteiger partial charge in [0.05, 0.1) is 0 Å². The van der Waals surface area contributed by atoms with Gasteiger partial charge in [-0.15, -0.1) is 10.2 Å². The maximum atomic E-state index is 11.4. The Morgan fingerprint density at radius 2 is 1.74 bits per heavy atom. The highest BCUT2D eigenvalue weighted by molar-refractivity contribution is 7.99. The lowest BCUT2D eigenvalue weighted by molar-refractivity contribution is 0.101. The lowest BCUT2D eigenvalue weighted by atomic mass is 10.1. The molecule has 0 bridgehead atoms. The summed E-state index contributed by atoms with van der Waals surface area (Å²) in [6.07, 6.45) is 2.63. The summed E-state index contributed by atoms with van der Waals surface area (Å²) in [7, 11) is 0. The first kappa shape index (κ1) is 20.8. The number of thioether (sulfide) groups is 1. The van der Waals surface area contributed by atoms with Gasteiger partial charge < -0.3 is 10.4 Å². The van der Waals surface area contributed by atoms with Gasteiger partial charge in [-0.1, -0.05) is 30.0 Å². The Kier molecular flexibility index (Phi) is 6.40. The molecule has 0 amide bonds. The fraction of sp³-hybridized carbons (Fsp3) is 0.130. The molecule has 8 heteroatoms. The Morgan fingerprint density at radius 1 is 1.03 bits per heavy atom. The number of aliphatic hydroxyl groups is 1. The predicted molar refractivity (Wildman–Crippen MR) is 121 cm³/mol. The van der Waals surface area contributed by atoms with E-state index in [4.69, 9.17) is 0 Å². The number of ketones is 1. The van der Waals surface area contributed by atoms with Crippen molar-refractivity contribution in [3.05, 3.63) is 84.7 Å². The smallest absolute Gasteiger partial charge is 0.196 e. The minimum Gasteiger partial charge on any atom is -0.373 e. The molecule has 31 heavy (non-hydrogen) atoms. The Morgan fingerprint density at radius 3 is 2.42 bits per heavy atom. The van der Waals surface area contributed by atoms with Gasteiger partial charge in [0.1, 0.15) is 6.23 Å². The van der Waals surface area contributed by atoms with Crippen LogP contribution in [0.15, 0.2) is 84.3 Å². The molecule has 0 spiro atoms. The Bertz CT molecular complexity index is 1150. The average Bonchev–Trinajstić information content (AvgIpc) is 3.23. The number of anilines is 1. The highest BCUT2D eigenvalue weighted by Crippen LogP contribution is 2.28. The Labute approximate surface area is 184 Å². The summed E-state index contributed by atoms with van der Waals surface area (Å²) in [5.74, 6) is 1.07. The van der Waals surface area contributed by atoms with Gasteiger partial charge in [-0.2, -0.15) is 0 Å². The van der Waals surface area contributed by atoms with E-state index < -0.39 is 6.23 Å². The minimum absolute atomic E-state index is 0.00732. The number of benzene rings is 2. The highest BCUT2D eigenvalue weighted by Gasteiger charge is 2.17. The molecule has 2 N–H and O–H groups in total. The van der Waals surface area contributed by atoms with E-state index in [1.165, 1.54) is 18.7 Å². The number of nitrogens with zero attached hydrogens (tertiary/aromatic N) is 4. The van der Waals surface area contributed by atoms with E-state index in [1.807, 2.05) is 47.0 Å². The second-order valence-corrected chi connectivity index (χ2v) is 7.80. The fourth-order valence-electron chi connectivity index (χ4n) is 3.05. The lowest BCUT2D eigenvalue weighted by Gasteiger charge is -2.15. The number of pyridine rings is 1. The lowest BCUT2D eigenvalue weighted by Crippen LogP contribution is -2.21. The van der Waals surface area contributed by atoms with Crippen LogP contribution in [0.5, 0.6) is 0 Å². The number of carbonyl (C=O) groups is 1. The molecule has 2 aromatic heterocycles. The molecule has 0 radical (unpaired) electrons. The maximum absolute atomic E-state index is 11.4. The van der Waals surface area contributed by atoms with Gasteiger partial charge >= 0.3 is 0 Å². The first-order chi connectivity index (χ1) is 15.1. The summed E-state index contributed by atoms with van der Waals surface area (Å²) < 4.78 is 1.97. The number of rotatable bonds is 8. The SMILES string of the molecule is CC(=O)c1ccc(NC(O)CSc2nnc(-c3ccncc3)n2-c2ccccc2)cc1. The number of Topliss-reactive ketones (excluding diaryl/α,β-unsaturated/α-hetero) is 1. The standard InChI is InChI=1S/C23H21N5O2S/c1-16(29)17-7-9-19(10-8-17)25-21(30)15-31-23-27-26-22(18-11-13-24-14-12-18)28(23)20-5-3-2-4-6-20/h2-14,21,25,30H,15H2,1H3. The van der Waals surface area contributed by atoms with Crippen LogP contribution in [-0.2, 0) is 0 Å². The molecule has 0 aliphatic rings. The van der Waals surface area contributed by atoms with Gasteiger partial charge in [-0.3, -0.25) is 14.3 Å². The van der Waals surface area contributed by atoms with Crippen LogP contribution in [0.4, 0.5) is 5.69 Å². The molecule has 0 fully saturated rings. The van der Waals surface area contributed by atoms with Gasteiger partial charge in [0.15, 0.2) is 16.8 Å². The molecule has 1 unspecified atom stereocenters. The Balaban J connectivity index is 1.52. The monoisotopic (exact) mass is 431 g/mol. The number of hydrogen-bond donors (Lipinski definition) is 2. The van der Waals surface area contributed by atoms with Crippen LogP contribution in [0.1, 0.15) is 17.3 Å². The van der Waals surface area contributed by atoms with Crippen LogP contribution in [0.3, 0.4) is 0 Å². The van der Waals surface area contributed by atoms with E-state index in [9.17, 15) is 9.90 Å². The summed E-state index contributed by atoms with van der Waals surface area (Å²) in [4.78, 5) is 15.5. The summed E-state index contributed by atoms with van der Waals surface area (Å²) >= 11 is 1.40. The molecule has 4 aromatic rings. The number of carbonyl (C=O) groups excluding carboxylic acids is 1. The van der Waals surface area contributed by atoms with Crippen LogP contribution in [0, 0.1) is 0 Å². The van der Waals surface area contributed by atoms with E-state index in [1.54, 1.807) is 36.7 Å². The van der Waals surface area contributed by atoms with E-state index >= 15 is 0 Å². The molecule has 0 aliphatic heterocycles. The molecule has 2 aromatic carbocycles. The zero-order valence-electron chi connectivity index (χ0n) is 16.8. The molecule has 7 nitrogen and oxygen atoms in total. The van der Waals surface area contributed by atoms with Crippen molar-refractivity contribution in [1.29, 1.82) is 0 Å². The zero-order chi connectivity index (χ0) is 21.6. The molecule has 0 saturated heterocycles. The van der Waals surface area contributed by atoms with Crippen molar-refractivity contribution in [2.45, 2.75) is 18.3 Å². The van der Waals surface area contributed by atoms with E-state index in [-0.39, 0.29) is 5.78 Å². The third-order valence-electron chi connectivity index (χ3n) is 4.58. The predicted octanol–water partition coefficient (Wildman–Crippen LogP) is 4.05. The summed E-state index contributed by atoms with van der Waals surface area (Å²) in [6, 6.07) is 20.7. The third kappa shape index (κ3) is 4.99. The second-order valence-electron chi connectivity index (χ2n) is 6.82. The number of hydrogen-bond acceptors (Lipinski definition) is 7. The maximum Gasteiger partial charge on any atom is 0.196 e. The summed E-state index contributed by atoms with van der Waals surface area (Å²) in [6.45, 7) is 1.52. The van der Waals surface area contributed by atoms with Crippen LogP contribution in [0.2, 0.25) is 0 Å². The number of para-hydroxylation sites is 1. The molecule has 4 rings (SSSR count). The van der Waals surface area contributed by atoms with Crippen molar-refractivity contribution >= 4 is 23.2 Å². The van der Waals surface area contributed by atoms with Gasteiger partial charge in [0, 0.05) is 40.6 Å². The highest BCUT2D eigenvalue weighted by atomic mass is 32.2. The summed E-state index contributed by atoms with van der Waals surface area (Å²) in [5, 5.41) is 22.9. The van der Waals surface area contributed by atoms with E-state index in [0.717, 1.165) is 16.9 Å². The van der Waals surface area contributed by atoms with Crippen molar-refractivity contribution in [2.24, 2.45) is 0 Å². The van der Waals surface area contributed by atoms with Gasteiger partial charge in [-0.05, 0) is 55.5 Å². The first-order valence-electron chi connectivity index (χ1n) is 9.71. The fourth-order valence-corrected chi connectivity index (χ4v) is 3.86. The summed E-state index contributed by atoms with van der Waals surface area (Å²) in [5.41, 5.74) is 3.21. The van der Waals surface area contributed by atoms with Gasteiger partial charge in [0.25, 0.3) is 0 Å². The van der Waals surface area contributed by atoms with Crippen molar-refractivity contribution in [1.82, 2.24) is 19.7 Å². The Hall–Kier alpha value is -3.49. The number of aliphatic hydroxyl groups excluding tert-OH is 1. The normalized spacial score (nSPS) is 11.8. The first-order valence-corrected chi connectivity index (χ1v) is 10.7. The van der Waals surface area contributed by atoms with Crippen molar-refractivity contribution in [3.8, 4) is 17.1 Å². The van der Waals surface area contributed by atoms with Crippen LogP contribution >= 0.6 is 11.8 Å². The molecular formula is C23H21N5O2S. The van der Waals surface area contributed by atoms with Crippen LogP contribution in [0.25, 0.3) is 17.1 Å². The number of aromatic nitrogens is 4. The minimum atomic E-state index is -0.807. The van der Waals surface area contributed by atoms with E-state index in [0.29, 0.717) is 22.3 Å². The van der Waals surface area contributed by atoms with Crippen molar-refractivity contribution < 1.29 is 9.90 Å². The van der Waals surface area contributed by atoms with Gasteiger partial charge in [0.2, 0.25) is 0 Å². The van der Waals surface area contributed by atoms with Crippen molar-refractivity contribution in [3.63, 3.8) is 0 Å². The van der Waals surface area contributed by atoms with Crippen LogP contribution in [-0.4, -0.2) is 42.6 Å². The van der Waals surface area contributed by atoms with E-state index in [2.05, 4.69) is 20.5 Å². The topological polar surface area (TPSA) is 92.9 Å². The molecule has 0 aliphatic carbocycles. The zero-order valence-corrected chi connectivity index (χ0v) is 17.7. The molecule has 1 atom stereocenters. The molecule has 0 saturated carbocycles. The molecule has 2 heterocycles.